The van der Waals surface area contributed by atoms with Gasteiger partial charge in [-0.1, -0.05) is 23.7 Å². The summed E-state index contributed by atoms with van der Waals surface area (Å²) in [5, 5.41) is 4.30. The molecule has 20 heavy (non-hydrogen) atoms. The van der Waals surface area contributed by atoms with E-state index in [1.54, 1.807) is 4.31 Å². The highest BCUT2D eigenvalue weighted by Crippen LogP contribution is 2.20. The zero-order valence-electron chi connectivity index (χ0n) is 11.8. The van der Waals surface area contributed by atoms with Gasteiger partial charge in [0, 0.05) is 30.2 Å². The standard InChI is InChI=1S/C14H21ClN2O2S/c1-11(12-3-5-13(15)6-4-12)16-14-7-9-17(10-8-14)20(2,18)19/h3-6,11,14,16H,7-10H2,1-2H3. The molecule has 1 aliphatic rings. The molecule has 1 saturated heterocycles. The Morgan fingerprint density at radius 2 is 1.80 bits per heavy atom. The molecule has 1 aliphatic heterocycles. The number of piperidine rings is 1. The summed E-state index contributed by atoms with van der Waals surface area (Å²) < 4.78 is 24.5. The first kappa shape index (κ1) is 15.8. The second-order valence-corrected chi connectivity index (χ2v) is 7.80. The fraction of sp³-hybridized carbons (Fsp3) is 0.571. The summed E-state index contributed by atoms with van der Waals surface area (Å²) in [6.45, 7) is 3.32. The Bertz CT molecular complexity index is 537. The number of hydrogen-bond donors (Lipinski definition) is 1. The van der Waals surface area contributed by atoms with E-state index in [9.17, 15) is 8.42 Å². The van der Waals surface area contributed by atoms with Crippen molar-refractivity contribution in [2.45, 2.75) is 31.8 Å². The molecule has 0 aromatic heterocycles. The molecule has 1 aromatic rings. The highest BCUT2D eigenvalue weighted by molar-refractivity contribution is 7.88. The van der Waals surface area contributed by atoms with Crippen LogP contribution in [0.3, 0.4) is 0 Å². The third kappa shape index (κ3) is 4.19. The minimum absolute atomic E-state index is 0.238. The molecule has 1 atom stereocenters. The molecule has 112 valence electrons. The highest BCUT2D eigenvalue weighted by Gasteiger charge is 2.25. The van der Waals surface area contributed by atoms with Crippen molar-refractivity contribution in [1.82, 2.24) is 9.62 Å². The van der Waals surface area contributed by atoms with Crippen molar-refractivity contribution in [3.8, 4) is 0 Å². The van der Waals surface area contributed by atoms with Crippen LogP contribution in [0.2, 0.25) is 5.02 Å². The monoisotopic (exact) mass is 316 g/mol. The van der Waals surface area contributed by atoms with Gasteiger partial charge in [0.15, 0.2) is 0 Å². The summed E-state index contributed by atoms with van der Waals surface area (Å²) in [5.41, 5.74) is 1.19. The summed E-state index contributed by atoms with van der Waals surface area (Å²) in [7, 11) is -3.04. The van der Waals surface area contributed by atoms with Crippen molar-refractivity contribution < 1.29 is 8.42 Å². The third-order valence-corrected chi connectivity index (χ3v) is 5.33. The second-order valence-electron chi connectivity index (χ2n) is 5.38. The predicted molar refractivity (Wildman–Crippen MR) is 82.4 cm³/mol. The fourth-order valence-corrected chi connectivity index (χ4v) is 3.56. The van der Waals surface area contributed by atoms with Crippen molar-refractivity contribution in [3.05, 3.63) is 34.9 Å². The largest absolute Gasteiger partial charge is 0.307 e. The zero-order valence-corrected chi connectivity index (χ0v) is 13.4. The van der Waals surface area contributed by atoms with Crippen LogP contribution in [-0.2, 0) is 10.0 Å². The van der Waals surface area contributed by atoms with Crippen LogP contribution in [0.5, 0.6) is 0 Å². The number of rotatable bonds is 4. The number of nitrogens with one attached hydrogen (secondary N) is 1. The average Bonchev–Trinajstić information content (AvgIpc) is 2.39. The molecule has 0 bridgehead atoms. The van der Waals surface area contributed by atoms with Gasteiger partial charge >= 0.3 is 0 Å². The van der Waals surface area contributed by atoms with Crippen molar-refractivity contribution >= 4 is 21.6 Å². The molecule has 2 rings (SSSR count). The van der Waals surface area contributed by atoms with Gasteiger partial charge in [0.25, 0.3) is 0 Å². The molecule has 0 spiro atoms. The highest BCUT2D eigenvalue weighted by atomic mass is 35.5. The van der Waals surface area contributed by atoms with Gasteiger partial charge in [0.2, 0.25) is 10.0 Å². The second kappa shape index (κ2) is 6.43. The van der Waals surface area contributed by atoms with Crippen molar-refractivity contribution in [2.75, 3.05) is 19.3 Å². The molecule has 0 amide bonds. The Hall–Kier alpha value is -0.620. The molecule has 4 nitrogen and oxygen atoms in total. The normalized spacial score (nSPS) is 19.9. The van der Waals surface area contributed by atoms with Gasteiger partial charge in [-0.3, -0.25) is 0 Å². The Labute approximate surface area is 126 Å². The van der Waals surface area contributed by atoms with Crippen LogP contribution in [0.1, 0.15) is 31.4 Å². The quantitative estimate of drug-likeness (QED) is 0.928. The van der Waals surface area contributed by atoms with Gasteiger partial charge in [-0.2, -0.15) is 0 Å². The molecule has 1 unspecified atom stereocenters. The van der Waals surface area contributed by atoms with E-state index in [1.807, 2.05) is 24.3 Å². The molecule has 0 saturated carbocycles. The molecule has 6 heteroatoms. The van der Waals surface area contributed by atoms with Crippen LogP contribution in [-0.4, -0.2) is 38.1 Å². The molecule has 1 heterocycles. The van der Waals surface area contributed by atoms with E-state index in [-0.39, 0.29) is 6.04 Å². The summed E-state index contributed by atoms with van der Waals surface area (Å²) in [5.74, 6) is 0. The van der Waals surface area contributed by atoms with E-state index in [1.165, 1.54) is 11.8 Å². The zero-order chi connectivity index (χ0) is 14.8. The molecule has 1 fully saturated rings. The predicted octanol–water partition coefficient (Wildman–Crippen LogP) is 2.41. The first-order chi connectivity index (χ1) is 9.36. The van der Waals surface area contributed by atoms with E-state index in [2.05, 4.69) is 12.2 Å². The maximum Gasteiger partial charge on any atom is 0.211 e. The lowest BCUT2D eigenvalue weighted by molar-refractivity contribution is 0.278. The number of benzene rings is 1. The lowest BCUT2D eigenvalue weighted by atomic mass is 10.0. The van der Waals surface area contributed by atoms with Gasteiger partial charge < -0.3 is 5.32 Å². The smallest absolute Gasteiger partial charge is 0.211 e. The average molecular weight is 317 g/mol. The van der Waals surface area contributed by atoms with E-state index < -0.39 is 10.0 Å². The van der Waals surface area contributed by atoms with Crippen LogP contribution in [0.15, 0.2) is 24.3 Å². The van der Waals surface area contributed by atoms with Crippen LogP contribution in [0.4, 0.5) is 0 Å². The Balaban J connectivity index is 1.88. The SMILES string of the molecule is CC(NC1CCN(S(C)(=O)=O)CC1)c1ccc(Cl)cc1. The summed E-state index contributed by atoms with van der Waals surface area (Å²) in [6.07, 6.45) is 2.98. The summed E-state index contributed by atoms with van der Waals surface area (Å²) >= 11 is 5.88. The number of halogens is 1. The van der Waals surface area contributed by atoms with E-state index in [0.29, 0.717) is 19.1 Å². The van der Waals surface area contributed by atoms with Crippen LogP contribution < -0.4 is 5.32 Å². The first-order valence-electron chi connectivity index (χ1n) is 6.83. The molecular weight excluding hydrogens is 296 g/mol. The topological polar surface area (TPSA) is 49.4 Å². The number of hydrogen-bond acceptors (Lipinski definition) is 3. The minimum atomic E-state index is -3.04. The van der Waals surface area contributed by atoms with E-state index in [4.69, 9.17) is 11.6 Å². The maximum atomic E-state index is 11.5. The summed E-state index contributed by atoms with van der Waals surface area (Å²) in [6, 6.07) is 8.42. The lowest BCUT2D eigenvalue weighted by Crippen LogP contribution is -2.45. The fourth-order valence-electron chi connectivity index (χ4n) is 2.56. The minimum Gasteiger partial charge on any atom is -0.307 e. The van der Waals surface area contributed by atoms with Crippen molar-refractivity contribution in [2.24, 2.45) is 0 Å². The number of nitrogens with zero attached hydrogens (tertiary/aromatic N) is 1. The van der Waals surface area contributed by atoms with Crippen LogP contribution in [0, 0.1) is 0 Å². The molecule has 1 aromatic carbocycles. The third-order valence-electron chi connectivity index (χ3n) is 3.78. The first-order valence-corrected chi connectivity index (χ1v) is 9.05. The van der Waals surface area contributed by atoms with Gasteiger partial charge in [-0.05, 0) is 37.5 Å². The Morgan fingerprint density at radius 3 is 2.30 bits per heavy atom. The lowest BCUT2D eigenvalue weighted by Gasteiger charge is -2.32. The molecule has 0 aliphatic carbocycles. The van der Waals surface area contributed by atoms with E-state index >= 15 is 0 Å². The van der Waals surface area contributed by atoms with Gasteiger partial charge in [0.1, 0.15) is 0 Å². The van der Waals surface area contributed by atoms with Crippen LogP contribution >= 0.6 is 11.6 Å². The maximum absolute atomic E-state index is 11.5. The van der Waals surface area contributed by atoms with Crippen LogP contribution in [0.25, 0.3) is 0 Å². The molecular formula is C14H21ClN2O2S. The van der Waals surface area contributed by atoms with E-state index in [0.717, 1.165) is 17.9 Å². The van der Waals surface area contributed by atoms with Gasteiger partial charge in [0.05, 0.1) is 6.26 Å². The van der Waals surface area contributed by atoms with Crippen molar-refractivity contribution in [3.63, 3.8) is 0 Å². The summed E-state index contributed by atoms with van der Waals surface area (Å²) in [4.78, 5) is 0. The molecule has 0 radical (unpaired) electrons. The Kier molecular flexibility index (Phi) is 5.07. The van der Waals surface area contributed by atoms with Gasteiger partial charge in [-0.15, -0.1) is 0 Å². The van der Waals surface area contributed by atoms with Crippen molar-refractivity contribution in [1.29, 1.82) is 0 Å². The van der Waals surface area contributed by atoms with Gasteiger partial charge in [-0.25, -0.2) is 12.7 Å². The Morgan fingerprint density at radius 1 is 1.25 bits per heavy atom. The molecule has 1 N–H and O–H groups in total. The number of sulfonamides is 1.